The first-order chi connectivity index (χ1) is 54.3. The van der Waals surface area contributed by atoms with Gasteiger partial charge in [-0.2, -0.15) is 34.4 Å². The number of esters is 5. The molecule has 0 spiro atoms. The molecule has 2 N–H and O–H groups in total. The van der Waals surface area contributed by atoms with Crippen LogP contribution in [0.5, 0.6) is 0 Å². The minimum atomic E-state index is -5.96. The number of rotatable bonds is 27. The van der Waals surface area contributed by atoms with Gasteiger partial charge >= 0.3 is 60.6 Å². The van der Waals surface area contributed by atoms with Gasteiger partial charge in [-0.1, -0.05) is 36.4 Å². The van der Waals surface area contributed by atoms with E-state index in [-0.39, 0.29) is 74.9 Å². The highest BCUT2D eigenvalue weighted by Crippen LogP contribution is 2.67. The molecule has 0 heterocycles. The molecule has 626 valence electrons. The SMILES string of the molecule is CC(F)(F)COC(=O)C1C2CC(CC2Sc2ccc(C(c3ccc(SC4CC5CC4C(C(=O)CCC(F)(F)S(=O)(=O)O)C5C(=O)OC4(C)C5CC6CC(C5)CC4C6)cc3)c3ccc(SC4CC5CC4C(C(=O)OCC(F)(F)S(=O)(=O)O)C5C(=O)OC4(C)C5CC6CC(C5)CC4C6)cc3)cc2)C1C(=O)OC1(C)C2CC3CC(C2)CC1C3. The Hall–Kier alpha value is -4.87. The fraction of sp³-hybridized carbons (Fsp3) is 0.724. The molecule has 0 saturated heterocycles. The molecule has 115 heavy (non-hydrogen) atoms. The average Bonchev–Trinajstić information content (AvgIpc) is 1.43. The topological polar surface area (TPSA) is 257 Å². The predicted octanol–water partition coefficient (Wildman–Crippen LogP) is 17.4. The molecular weight excluding hydrogens is 1590 g/mol. The Labute approximate surface area is 681 Å². The molecule has 0 amide bonds. The number of Topliss-reactive ketones (excluding diaryl/α,β-unsaturated/α-hetero) is 1. The lowest BCUT2D eigenvalue weighted by atomic mass is 9.50. The second-order valence-electron chi connectivity index (χ2n) is 39.2. The summed E-state index contributed by atoms with van der Waals surface area (Å²) in [6, 6.07) is 24.0. The third-order valence-electron chi connectivity index (χ3n) is 32.6. The van der Waals surface area contributed by atoms with Crippen LogP contribution in [0.15, 0.2) is 87.5 Å². The molecule has 18 saturated carbocycles. The van der Waals surface area contributed by atoms with Gasteiger partial charge in [0.15, 0.2) is 13.2 Å². The van der Waals surface area contributed by atoms with E-state index in [1.165, 1.54) is 42.8 Å². The number of carbonyl (C=O) groups is 6. The van der Waals surface area contributed by atoms with Gasteiger partial charge in [0.1, 0.15) is 22.6 Å². The van der Waals surface area contributed by atoms with Gasteiger partial charge in [-0.05, 0) is 315 Å². The van der Waals surface area contributed by atoms with Gasteiger partial charge in [-0.25, -0.2) is 8.78 Å². The largest absolute Gasteiger partial charge is 0.459 e. The molecule has 3 aromatic rings. The van der Waals surface area contributed by atoms with E-state index in [1.807, 2.05) is 86.6 Å². The Morgan fingerprint density at radius 2 is 0.670 bits per heavy atom. The van der Waals surface area contributed by atoms with Gasteiger partial charge in [0.05, 0.1) is 29.6 Å². The van der Waals surface area contributed by atoms with Crippen LogP contribution in [0.1, 0.15) is 198 Å². The standard InChI is InChI=1S/C87H104F6O17S5/c1-82(88,89)40-106-77(95)75-64-35-52(72(75)80(98)109-84(3)56-26-44-20-45(28-56)29-57(84)27-44)38-68(64)112-61-13-7-49(8-14-61)70(48-5-11-60(12-6-48)111-67-37-51-34-63(67)74(66(94)17-18-86(90,91)114(100,101)102)71(51)79(97)108-83(2)54-22-42-19-43(24-54)25-55(83)23-42)50-9-15-62(16-10-50)113-69-39-53-36-65(69)76(78(96)107-41-87(92,93)115(103,104)105)73(53)81(99)110-85(4)58-30-46-21-47(32-58)33-59(85)31-46/h5-16,42-47,51-59,63-65,67-76H,17-41H2,1-4H3,(H,100,101,102)(H,103,104,105). The molecule has 16 atom stereocenters. The molecule has 18 aliphatic rings. The van der Waals surface area contributed by atoms with Gasteiger partial charge < -0.3 is 23.7 Å². The van der Waals surface area contributed by atoms with E-state index in [0.29, 0.717) is 81.0 Å². The van der Waals surface area contributed by atoms with Crippen molar-refractivity contribution in [3.63, 3.8) is 0 Å². The molecule has 0 aliphatic heterocycles. The highest BCUT2D eigenvalue weighted by Gasteiger charge is 2.67. The summed E-state index contributed by atoms with van der Waals surface area (Å²) in [5.74, 6) is -11.6. The normalized spacial score (nSPS) is 41.6. The summed E-state index contributed by atoms with van der Waals surface area (Å²) in [5, 5.41) is -10.1. The first-order valence-corrected chi connectivity index (χ1v) is 47.7. The van der Waals surface area contributed by atoms with Gasteiger partial charge in [0.2, 0.25) is 0 Å². The fourth-order valence-corrected chi connectivity index (χ4v) is 32.5. The van der Waals surface area contributed by atoms with Crippen molar-refractivity contribution in [2.24, 2.45) is 142 Å². The Morgan fingerprint density at radius 3 is 0.957 bits per heavy atom. The average molecular weight is 1700 g/mol. The number of hydrogen-bond donors (Lipinski definition) is 2. The van der Waals surface area contributed by atoms with Crippen LogP contribution in [-0.2, 0) is 72.7 Å². The van der Waals surface area contributed by atoms with Crippen LogP contribution in [0.2, 0.25) is 0 Å². The van der Waals surface area contributed by atoms with E-state index in [4.69, 9.17) is 23.7 Å². The van der Waals surface area contributed by atoms with E-state index in [2.05, 4.69) is 6.92 Å². The summed E-state index contributed by atoms with van der Waals surface area (Å²) >= 11 is 4.57. The molecule has 18 aliphatic carbocycles. The van der Waals surface area contributed by atoms with Crippen molar-refractivity contribution in [3.05, 3.63) is 89.5 Å². The van der Waals surface area contributed by atoms with Crippen LogP contribution in [-0.4, -0.2) is 124 Å². The van der Waals surface area contributed by atoms with Crippen LogP contribution < -0.4 is 0 Å². The number of alkyl halides is 6. The molecular formula is C87H104F6O17S5. The molecule has 18 fully saturated rings. The van der Waals surface area contributed by atoms with Crippen molar-refractivity contribution >= 4 is 91.2 Å². The third kappa shape index (κ3) is 14.7. The number of halogens is 6. The zero-order chi connectivity index (χ0) is 80.9. The first-order valence-electron chi connectivity index (χ1n) is 42.2. The van der Waals surface area contributed by atoms with Crippen LogP contribution in [0, 0.1) is 142 Å². The van der Waals surface area contributed by atoms with Gasteiger partial charge in [-0.3, -0.25) is 37.9 Å². The zero-order valence-corrected chi connectivity index (χ0v) is 69.2. The highest BCUT2D eigenvalue weighted by atomic mass is 32.2. The lowest BCUT2D eigenvalue weighted by Gasteiger charge is -2.59. The highest BCUT2D eigenvalue weighted by molar-refractivity contribution is 8.00. The second-order valence-corrected chi connectivity index (χ2v) is 46.2. The number of benzene rings is 3. The Balaban J connectivity index is 0.609. The maximum Gasteiger partial charge on any atom is 0.402 e. The number of fused-ring (bicyclic) bond motifs is 6. The number of ketones is 1. The summed E-state index contributed by atoms with van der Waals surface area (Å²) in [4.78, 5) is 89.8. The van der Waals surface area contributed by atoms with E-state index < -0.39 is 168 Å². The number of carbonyl (C=O) groups excluding carboxylic acids is 6. The fourth-order valence-electron chi connectivity index (χ4n) is 27.6. The first kappa shape index (κ1) is 81.2. The monoisotopic (exact) mass is 1690 g/mol. The van der Waals surface area contributed by atoms with Crippen LogP contribution in [0.25, 0.3) is 0 Å². The summed E-state index contributed by atoms with van der Waals surface area (Å²) in [6.45, 7) is 3.71. The van der Waals surface area contributed by atoms with Crippen molar-refractivity contribution in [3.8, 4) is 0 Å². The van der Waals surface area contributed by atoms with Crippen molar-refractivity contribution in [2.75, 3.05) is 13.2 Å². The predicted molar refractivity (Wildman–Crippen MR) is 413 cm³/mol. The Bertz CT molecular complexity index is 4270. The maximum absolute atomic E-state index is 14.9. The van der Waals surface area contributed by atoms with Crippen LogP contribution in [0.3, 0.4) is 0 Å². The second kappa shape index (κ2) is 29.5. The van der Waals surface area contributed by atoms with Gasteiger partial charge in [-0.15, -0.1) is 35.3 Å². The van der Waals surface area contributed by atoms with Crippen molar-refractivity contribution < 1.29 is 105 Å². The third-order valence-corrected chi connectivity index (χ3v) is 38.6. The summed E-state index contributed by atoms with van der Waals surface area (Å²) in [6.07, 6.45) is 15.8. The number of thioether (sulfide) groups is 3. The molecule has 16 unspecified atom stereocenters. The van der Waals surface area contributed by atoms with Crippen LogP contribution in [0.4, 0.5) is 26.3 Å². The summed E-state index contributed by atoms with van der Waals surface area (Å²) < 4.78 is 184. The van der Waals surface area contributed by atoms with Crippen LogP contribution >= 0.6 is 35.3 Å². The summed E-state index contributed by atoms with van der Waals surface area (Å²) in [5.41, 5.74) is 0.454. The molecule has 18 bridgehead atoms. The van der Waals surface area contributed by atoms with Gasteiger partial charge in [0, 0.05) is 62.0 Å². The lowest BCUT2D eigenvalue weighted by molar-refractivity contribution is -0.211. The van der Waals surface area contributed by atoms with Crippen molar-refractivity contribution in [1.29, 1.82) is 0 Å². The molecule has 3 aromatic carbocycles. The maximum atomic E-state index is 14.9. The molecule has 0 aromatic heterocycles. The summed E-state index contributed by atoms with van der Waals surface area (Å²) in [7, 11) is -11.8. The smallest absolute Gasteiger partial charge is 0.402 e. The van der Waals surface area contributed by atoms with E-state index >= 15 is 0 Å². The molecule has 28 heteroatoms. The van der Waals surface area contributed by atoms with Gasteiger partial charge in [0.25, 0.3) is 5.92 Å². The Kier molecular flexibility index (Phi) is 20.8. The minimum Gasteiger partial charge on any atom is -0.459 e. The Morgan fingerprint density at radius 1 is 0.391 bits per heavy atom. The molecule has 21 rings (SSSR count). The van der Waals surface area contributed by atoms with Crippen molar-refractivity contribution in [2.45, 2.75) is 245 Å². The molecule has 17 nitrogen and oxygen atoms in total. The van der Waals surface area contributed by atoms with Crippen molar-refractivity contribution in [1.82, 2.24) is 0 Å². The number of ether oxygens (including phenoxy) is 5. The van der Waals surface area contributed by atoms with E-state index in [9.17, 15) is 81.1 Å². The lowest BCUT2D eigenvalue weighted by Crippen LogP contribution is -2.59. The molecule has 0 radical (unpaired) electrons. The van der Waals surface area contributed by atoms with E-state index in [0.717, 1.165) is 108 Å². The zero-order valence-electron chi connectivity index (χ0n) is 65.1. The van der Waals surface area contributed by atoms with E-state index in [1.54, 1.807) is 11.8 Å². The quantitative estimate of drug-likeness (QED) is 0.0236. The number of hydrogen-bond acceptors (Lipinski definition) is 18. The minimum absolute atomic E-state index is 0.149.